The molecular formula is C15H10N4O3S. The van der Waals surface area contributed by atoms with Crippen LogP contribution in [0, 0.1) is 0 Å². The number of aromatic nitrogens is 4. The molecule has 114 valence electrons. The van der Waals surface area contributed by atoms with Gasteiger partial charge in [-0.2, -0.15) is 11.3 Å². The first kappa shape index (κ1) is 13.6. The molecule has 0 aliphatic rings. The normalized spacial score (nSPS) is 11.3. The Labute approximate surface area is 132 Å². The van der Waals surface area contributed by atoms with Gasteiger partial charge in [0.2, 0.25) is 0 Å². The summed E-state index contributed by atoms with van der Waals surface area (Å²) in [5, 5.41) is 13.3. The summed E-state index contributed by atoms with van der Waals surface area (Å²) in [6, 6.07) is 3.42. The van der Waals surface area contributed by atoms with E-state index in [1.807, 2.05) is 16.8 Å². The minimum atomic E-state index is -1.07. The Balaban J connectivity index is 1.90. The summed E-state index contributed by atoms with van der Waals surface area (Å²) in [6.45, 7) is 0. The molecule has 0 aliphatic carbocycles. The van der Waals surface area contributed by atoms with Crippen LogP contribution in [0.25, 0.3) is 22.1 Å². The summed E-state index contributed by atoms with van der Waals surface area (Å²) in [5.41, 5.74) is 2.14. The van der Waals surface area contributed by atoms with Crippen LogP contribution in [0.2, 0.25) is 0 Å². The Kier molecular flexibility index (Phi) is 2.98. The van der Waals surface area contributed by atoms with Gasteiger partial charge in [-0.3, -0.25) is 9.78 Å². The van der Waals surface area contributed by atoms with Crippen LogP contribution < -0.4 is 5.56 Å². The van der Waals surface area contributed by atoms with E-state index in [0.717, 1.165) is 5.56 Å². The van der Waals surface area contributed by atoms with Crippen molar-refractivity contribution in [1.29, 1.82) is 0 Å². The maximum absolute atomic E-state index is 12.4. The molecule has 0 unspecified atom stereocenters. The number of carboxylic acid groups (broad SMARTS) is 1. The molecule has 0 spiro atoms. The predicted molar refractivity (Wildman–Crippen MR) is 86.1 cm³/mol. The maximum Gasteiger partial charge on any atom is 0.337 e. The Bertz CT molecular complexity index is 1100. The third kappa shape index (κ3) is 2.29. The maximum atomic E-state index is 12.4. The van der Waals surface area contributed by atoms with Crippen LogP contribution in [0.1, 0.15) is 21.7 Å². The number of carbonyl (C=O) groups is 1. The monoisotopic (exact) mass is 326 g/mol. The minimum absolute atomic E-state index is 0.0546. The number of pyridine rings is 1. The average molecular weight is 326 g/mol. The molecule has 0 saturated carbocycles. The highest BCUT2D eigenvalue weighted by molar-refractivity contribution is 7.07. The first-order chi connectivity index (χ1) is 11.1. The number of nitrogens with zero attached hydrogens (tertiary/aromatic N) is 2. The van der Waals surface area contributed by atoms with Gasteiger partial charge in [0.25, 0.3) is 5.56 Å². The van der Waals surface area contributed by atoms with E-state index in [0.29, 0.717) is 34.3 Å². The average Bonchev–Trinajstić information content (AvgIpc) is 3.13. The van der Waals surface area contributed by atoms with Crippen LogP contribution in [0.15, 0.2) is 33.9 Å². The van der Waals surface area contributed by atoms with Crippen molar-refractivity contribution < 1.29 is 9.90 Å². The Morgan fingerprint density at radius 3 is 2.96 bits per heavy atom. The third-order valence-electron chi connectivity index (χ3n) is 3.54. The minimum Gasteiger partial charge on any atom is -0.478 e. The fourth-order valence-electron chi connectivity index (χ4n) is 2.50. The molecule has 8 heteroatoms. The van der Waals surface area contributed by atoms with E-state index in [2.05, 4.69) is 19.9 Å². The molecule has 7 nitrogen and oxygen atoms in total. The quantitative estimate of drug-likeness (QED) is 0.534. The van der Waals surface area contributed by atoms with Gasteiger partial charge >= 0.3 is 5.97 Å². The second-order valence-electron chi connectivity index (χ2n) is 5.09. The van der Waals surface area contributed by atoms with Crippen LogP contribution in [0.3, 0.4) is 0 Å². The topological polar surface area (TPSA) is 112 Å². The summed E-state index contributed by atoms with van der Waals surface area (Å²) in [4.78, 5) is 37.6. The molecule has 4 aromatic rings. The number of thiophene rings is 1. The molecule has 0 aliphatic heterocycles. The van der Waals surface area contributed by atoms with E-state index in [1.165, 1.54) is 12.3 Å². The predicted octanol–water partition coefficient (Wildman–Crippen LogP) is 2.15. The van der Waals surface area contributed by atoms with Crippen molar-refractivity contribution >= 4 is 39.4 Å². The van der Waals surface area contributed by atoms with Gasteiger partial charge in [-0.1, -0.05) is 0 Å². The summed E-state index contributed by atoms with van der Waals surface area (Å²) in [5.74, 6) is -0.524. The molecule has 0 radical (unpaired) electrons. The zero-order valence-electron chi connectivity index (χ0n) is 11.7. The van der Waals surface area contributed by atoms with E-state index < -0.39 is 5.97 Å². The van der Waals surface area contributed by atoms with Gasteiger partial charge in [0.05, 0.1) is 11.1 Å². The highest BCUT2D eigenvalue weighted by Gasteiger charge is 2.14. The molecule has 0 bridgehead atoms. The largest absolute Gasteiger partial charge is 0.478 e. The molecule has 0 atom stereocenters. The lowest BCUT2D eigenvalue weighted by atomic mass is 10.2. The Hall–Kier alpha value is -3.00. The van der Waals surface area contributed by atoms with Crippen molar-refractivity contribution in [1.82, 2.24) is 19.9 Å². The Morgan fingerprint density at radius 1 is 1.35 bits per heavy atom. The fraction of sp³-hybridized carbons (Fsp3) is 0.0667. The SMILES string of the molecule is O=C(O)c1cnc2c(c1)[nH]c1nc(Cc3ccsc3)[nH]c(=O)c12. The van der Waals surface area contributed by atoms with Gasteiger partial charge in [-0.05, 0) is 28.5 Å². The number of aromatic carboxylic acids is 1. The van der Waals surface area contributed by atoms with Crippen molar-refractivity contribution in [3.8, 4) is 0 Å². The van der Waals surface area contributed by atoms with E-state index in [4.69, 9.17) is 5.11 Å². The van der Waals surface area contributed by atoms with Gasteiger partial charge < -0.3 is 15.1 Å². The number of aromatic amines is 2. The molecule has 4 heterocycles. The zero-order valence-corrected chi connectivity index (χ0v) is 12.5. The van der Waals surface area contributed by atoms with Crippen molar-refractivity contribution in [2.24, 2.45) is 0 Å². The van der Waals surface area contributed by atoms with Crippen LogP contribution in [0.5, 0.6) is 0 Å². The molecule has 23 heavy (non-hydrogen) atoms. The standard InChI is InChI=1S/C15H10N4O3S/c20-14-11-12-9(4-8(5-16-12)15(21)22)17-13(11)18-10(19-14)3-7-1-2-23-6-7/h1-2,4-6H,3H2,(H,21,22)(H2,17,18,19,20). The summed E-state index contributed by atoms with van der Waals surface area (Å²) < 4.78 is 0. The highest BCUT2D eigenvalue weighted by atomic mass is 32.1. The number of nitrogens with one attached hydrogen (secondary N) is 2. The van der Waals surface area contributed by atoms with E-state index >= 15 is 0 Å². The zero-order chi connectivity index (χ0) is 16.0. The fourth-order valence-corrected chi connectivity index (χ4v) is 3.17. The van der Waals surface area contributed by atoms with Crippen molar-refractivity contribution in [3.05, 3.63) is 56.4 Å². The van der Waals surface area contributed by atoms with Crippen molar-refractivity contribution in [2.75, 3.05) is 0 Å². The van der Waals surface area contributed by atoms with E-state index in [9.17, 15) is 9.59 Å². The summed E-state index contributed by atoms with van der Waals surface area (Å²) in [7, 11) is 0. The summed E-state index contributed by atoms with van der Waals surface area (Å²) >= 11 is 1.58. The molecule has 0 amide bonds. The molecule has 0 aromatic carbocycles. The second kappa shape index (κ2) is 5.03. The Morgan fingerprint density at radius 2 is 2.22 bits per heavy atom. The number of H-pyrrole nitrogens is 2. The van der Waals surface area contributed by atoms with E-state index in [-0.39, 0.29) is 11.1 Å². The number of hydrogen-bond acceptors (Lipinski definition) is 5. The van der Waals surface area contributed by atoms with Crippen LogP contribution in [-0.2, 0) is 6.42 Å². The molecule has 0 saturated heterocycles. The molecule has 4 aromatic heterocycles. The third-order valence-corrected chi connectivity index (χ3v) is 4.28. The lowest BCUT2D eigenvalue weighted by Crippen LogP contribution is -2.11. The first-order valence-electron chi connectivity index (χ1n) is 6.77. The second-order valence-corrected chi connectivity index (χ2v) is 5.87. The van der Waals surface area contributed by atoms with Gasteiger partial charge in [0, 0.05) is 12.6 Å². The lowest BCUT2D eigenvalue weighted by Gasteiger charge is -1.98. The molecular weight excluding hydrogens is 316 g/mol. The van der Waals surface area contributed by atoms with Crippen LogP contribution in [0.4, 0.5) is 0 Å². The van der Waals surface area contributed by atoms with Crippen molar-refractivity contribution in [2.45, 2.75) is 6.42 Å². The van der Waals surface area contributed by atoms with Crippen molar-refractivity contribution in [3.63, 3.8) is 0 Å². The number of fused-ring (bicyclic) bond motifs is 3. The van der Waals surface area contributed by atoms with Gasteiger partial charge in [-0.15, -0.1) is 0 Å². The first-order valence-corrected chi connectivity index (χ1v) is 7.71. The van der Waals surface area contributed by atoms with E-state index in [1.54, 1.807) is 11.3 Å². The number of hydrogen-bond donors (Lipinski definition) is 3. The number of rotatable bonds is 3. The smallest absolute Gasteiger partial charge is 0.337 e. The van der Waals surface area contributed by atoms with Gasteiger partial charge in [0.1, 0.15) is 22.4 Å². The summed E-state index contributed by atoms with van der Waals surface area (Å²) in [6.07, 6.45) is 1.76. The number of carboxylic acids is 1. The van der Waals surface area contributed by atoms with Crippen LogP contribution >= 0.6 is 11.3 Å². The lowest BCUT2D eigenvalue weighted by molar-refractivity contribution is 0.0696. The molecule has 4 rings (SSSR count). The van der Waals surface area contributed by atoms with Crippen LogP contribution in [-0.4, -0.2) is 31.0 Å². The molecule has 0 fully saturated rings. The highest BCUT2D eigenvalue weighted by Crippen LogP contribution is 2.20. The molecule has 3 N–H and O–H groups in total. The van der Waals surface area contributed by atoms with Gasteiger partial charge in [-0.25, -0.2) is 9.78 Å². The van der Waals surface area contributed by atoms with Gasteiger partial charge in [0.15, 0.2) is 0 Å².